The van der Waals surface area contributed by atoms with Gasteiger partial charge in [0.1, 0.15) is 18.2 Å². The van der Waals surface area contributed by atoms with Gasteiger partial charge in [0.2, 0.25) is 0 Å². The number of hydrogen-bond acceptors (Lipinski definition) is 4. The molecule has 0 saturated heterocycles. The van der Waals surface area contributed by atoms with E-state index < -0.39 is 23.7 Å². The monoisotopic (exact) mass is 317 g/mol. The Morgan fingerprint density at radius 2 is 1.91 bits per heavy atom. The molecule has 0 aliphatic rings. The lowest BCUT2D eigenvalue weighted by atomic mass is 10.1. The first kappa shape index (κ1) is 18.6. The highest BCUT2D eigenvalue weighted by Crippen LogP contribution is 2.11. The number of nitrogens with one attached hydrogen (secondary N) is 1. The van der Waals surface area contributed by atoms with Crippen LogP contribution >= 0.6 is 0 Å². The molecule has 1 amide bonds. The zero-order valence-electron chi connectivity index (χ0n) is 13.8. The van der Waals surface area contributed by atoms with Gasteiger partial charge >= 0.3 is 12.1 Å². The smallest absolute Gasteiger partial charge is 0.408 e. The molecule has 1 aromatic rings. The van der Waals surface area contributed by atoms with Crippen LogP contribution in [0.25, 0.3) is 0 Å². The maximum absolute atomic E-state index is 12.1. The lowest BCUT2D eigenvalue weighted by Gasteiger charge is -2.24. The Labute approximate surface area is 137 Å². The van der Waals surface area contributed by atoms with Crippen LogP contribution in [0.1, 0.15) is 39.2 Å². The van der Waals surface area contributed by atoms with E-state index in [1.54, 1.807) is 20.8 Å². The number of carbonyl (C=O) groups is 2. The summed E-state index contributed by atoms with van der Waals surface area (Å²) in [7, 11) is 0. The van der Waals surface area contributed by atoms with Gasteiger partial charge in [-0.3, -0.25) is 0 Å². The van der Waals surface area contributed by atoms with E-state index in [1.165, 1.54) is 0 Å². The number of esters is 1. The molecule has 0 fully saturated rings. The highest BCUT2D eigenvalue weighted by atomic mass is 16.6. The van der Waals surface area contributed by atoms with Gasteiger partial charge in [0, 0.05) is 6.42 Å². The minimum absolute atomic E-state index is 0.128. The third kappa shape index (κ3) is 7.91. The van der Waals surface area contributed by atoms with E-state index in [-0.39, 0.29) is 6.61 Å². The fourth-order valence-corrected chi connectivity index (χ4v) is 1.76. The second-order valence-electron chi connectivity index (χ2n) is 6.03. The second-order valence-corrected chi connectivity index (χ2v) is 6.03. The number of ether oxygens (including phenoxy) is 2. The summed E-state index contributed by atoms with van der Waals surface area (Å²) in [6, 6.07) is 8.45. The molecule has 0 aromatic heterocycles. The van der Waals surface area contributed by atoms with Crippen molar-refractivity contribution < 1.29 is 19.1 Å². The van der Waals surface area contributed by atoms with E-state index in [2.05, 4.69) is 11.2 Å². The van der Waals surface area contributed by atoms with E-state index in [4.69, 9.17) is 15.9 Å². The van der Waals surface area contributed by atoms with Crippen molar-refractivity contribution in [1.29, 1.82) is 0 Å². The van der Waals surface area contributed by atoms with Crippen LogP contribution in [0.2, 0.25) is 0 Å². The zero-order valence-corrected chi connectivity index (χ0v) is 13.8. The molecule has 1 rings (SSSR count). The molecule has 1 atom stereocenters. The number of terminal acetylenes is 1. The van der Waals surface area contributed by atoms with Crippen molar-refractivity contribution in [3.8, 4) is 12.3 Å². The van der Waals surface area contributed by atoms with Gasteiger partial charge in [-0.15, -0.1) is 12.3 Å². The summed E-state index contributed by atoms with van der Waals surface area (Å²) >= 11 is 0. The Kier molecular flexibility index (Phi) is 7.14. The summed E-state index contributed by atoms with van der Waals surface area (Å²) in [6.07, 6.45) is 5.19. The van der Waals surface area contributed by atoms with E-state index in [1.807, 2.05) is 30.3 Å². The number of carbonyl (C=O) groups excluding carboxylic acids is 2. The summed E-state index contributed by atoms with van der Waals surface area (Å²) < 4.78 is 10.4. The third-order valence-electron chi connectivity index (χ3n) is 2.77. The number of benzene rings is 1. The van der Waals surface area contributed by atoms with Crippen LogP contribution in [0.15, 0.2) is 30.3 Å². The molecule has 0 aliphatic heterocycles. The summed E-state index contributed by atoms with van der Waals surface area (Å²) in [6.45, 7) is 5.41. The highest BCUT2D eigenvalue weighted by molar-refractivity contribution is 5.81. The van der Waals surface area contributed by atoms with Crippen molar-refractivity contribution in [2.75, 3.05) is 0 Å². The second kappa shape index (κ2) is 8.84. The average Bonchev–Trinajstić information content (AvgIpc) is 2.48. The van der Waals surface area contributed by atoms with Gasteiger partial charge in [-0.25, -0.2) is 9.59 Å². The lowest BCUT2D eigenvalue weighted by Crippen LogP contribution is -2.44. The summed E-state index contributed by atoms with van der Waals surface area (Å²) in [5, 5.41) is 2.51. The minimum Gasteiger partial charge on any atom is -0.458 e. The number of hydrogen-bond donors (Lipinski definition) is 1. The third-order valence-corrected chi connectivity index (χ3v) is 2.77. The Balaban J connectivity index is 2.56. The van der Waals surface area contributed by atoms with Crippen molar-refractivity contribution >= 4 is 12.1 Å². The normalized spacial score (nSPS) is 11.9. The molecule has 5 nitrogen and oxygen atoms in total. The molecule has 0 radical (unpaired) electrons. The van der Waals surface area contributed by atoms with Crippen molar-refractivity contribution in [2.24, 2.45) is 0 Å². The van der Waals surface area contributed by atoms with Gasteiger partial charge in [0.15, 0.2) is 0 Å². The fourth-order valence-electron chi connectivity index (χ4n) is 1.76. The minimum atomic E-state index is -0.825. The lowest BCUT2D eigenvalue weighted by molar-refractivity contribution is -0.157. The van der Waals surface area contributed by atoms with Crippen LogP contribution in [0.4, 0.5) is 4.79 Å². The molecule has 1 N–H and O–H groups in total. The van der Waals surface area contributed by atoms with E-state index in [0.29, 0.717) is 12.8 Å². The van der Waals surface area contributed by atoms with Gasteiger partial charge < -0.3 is 14.8 Å². The molecule has 23 heavy (non-hydrogen) atoms. The number of alkyl carbamates (subject to hydrolysis) is 1. The maximum Gasteiger partial charge on any atom is 0.408 e. The molecule has 0 bridgehead atoms. The van der Waals surface area contributed by atoms with Gasteiger partial charge in [-0.05, 0) is 32.8 Å². The first-order chi connectivity index (χ1) is 10.8. The van der Waals surface area contributed by atoms with Crippen LogP contribution in [-0.4, -0.2) is 23.7 Å². The Morgan fingerprint density at radius 1 is 1.26 bits per heavy atom. The van der Waals surface area contributed by atoms with E-state index >= 15 is 0 Å². The SMILES string of the molecule is C#CCC[C@@H](NC(=O)OCc1ccccc1)C(=O)OC(C)(C)C. The first-order valence-corrected chi connectivity index (χ1v) is 7.45. The van der Waals surface area contributed by atoms with Crippen molar-refractivity contribution in [1.82, 2.24) is 5.32 Å². The molecule has 0 spiro atoms. The standard InChI is InChI=1S/C18H23NO4/c1-5-6-12-15(16(20)23-18(2,3)4)19-17(21)22-13-14-10-8-7-9-11-14/h1,7-11,15H,6,12-13H2,2-4H3,(H,19,21)/t15-/m1/s1. The van der Waals surface area contributed by atoms with Crippen molar-refractivity contribution in [3.63, 3.8) is 0 Å². The predicted molar refractivity (Wildman–Crippen MR) is 87.5 cm³/mol. The van der Waals surface area contributed by atoms with Crippen LogP contribution in [0, 0.1) is 12.3 Å². The number of rotatable bonds is 6. The summed E-state index contributed by atoms with van der Waals surface area (Å²) in [5.74, 6) is 1.92. The van der Waals surface area contributed by atoms with Crippen LogP contribution in [0.5, 0.6) is 0 Å². The topological polar surface area (TPSA) is 64.6 Å². The van der Waals surface area contributed by atoms with Crippen molar-refractivity contribution in [3.05, 3.63) is 35.9 Å². The summed E-state index contributed by atoms with van der Waals surface area (Å²) in [4.78, 5) is 24.0. The molecule has 0 unspecified atom stereocenters. The van der Waals surface area contributed by atoms with Crippen LogP contribution in [-0.2, 0) is 20.9 Å². The molecule has 0 aliphatic carbocycles. The fraction of sp³-hybridized carbons (Fsp3) is 0.444. The van der Waals surface area contributed by atoms with Crippen LogP contribution in [0.3, 0.4) is 0 Å². The van der Waals surface area contributed by atoms with Gasteiger partial charge in [-0.1, -0.05) is 30.3 Å². The van der Waals surface area contributed by atoms with Gasteiger partial charge in [0.05, 0.1) is 0 Å². The van der Waals surface area contributed by atoms with Gasteiger partial charge in [0.25, 0.3) is 0 Å². The van der Waals surface area contributed by atoms with E-state index in [9.17, 15) is 9.59 Å². The van der Waals surface area contributed by atoms with Gasteiger partial charge in [-0.2, -0.15) is 0 Å². The van der Waals surface area contributed by atoms with E-state index in [0.717, 1.165) is 5.56 Å². The van der Waals surface area contributed by atoms with Crippen LogP contribution < -0.4 is 5.32 Å². The molecule has 124 valence electrons. The maximum atomic E-state index is 12.1. The highest BCUT2D eigenvalue weighted by Gasteiger charge is 2.26. The molecular formula is C18H23NO4. The number of amides is 1. The molecule has 0 heterocycles. The molecule has 0 saturated carbocycles. The Bertz CT molecular complexity index is 555. The quantitative estimate of drug-likeness (QED) is 0.647. The summed E-state index contributed by atoms with van der Waals surface area (Å²) in [5.41, 5.74) is 0.223. The molecule has 1 aromatic carbocycles. The Hall–Kier alpha value is -2.48. The molecule has 5 heteroatoms. The largest absolute Gasteiger partial charge is 0.458 e. The predicted octanol–water partition coefficient (Wildman–Crippen LogP) is 3.04. The first-order valence-electron chi connectivity index (χ1n) is 7.45. The Morgan fingerprint density at radius 3 is 2.48 bits per heavy atom. The zero-order chi connectivity index (χ0) is 17.3. The average molecular weight is 317 g/mol. The molecular weight excluding hydrogens is 294 g/mol. The van der Waals surface area contributed by atoms with Crippen molar-refractivity contribution in [2.45, 2.75) is 51.9 Å².